The molecule has 8 heteroatoms. The van der Waals surface area contributed by atoms with Crippen molar-refractivity contribution in [3.05, 3.63) is 46.6 Å². The third-order valence-electron chi connectivity index (χ3n) is 3.38. The fourth-order valence-corrected chi connectivity index (χ4v) is 2.99. The van der Waals surface area contributed by atoms with Gasteiger partial charge in [0.2, 0.25) is 5.88 Å². The molecule has 126 valence electrons. The summed E-state index contributed by atoms with van der Waals surface area (Å²) in [5.41, 5.74) is 3.67. The number of nitrogens with one attached hydrogen (secondary N) is 2. The lowest BCUT2D eigenvalue weighted by Crippen LogP contribution is -2.36. The Morgan fingerprint density at radius 3 is 2.75 bits per heavy atom. The van der Waals surface area contributed by atoms with Crippen LogP contribution in [0.5, 0.6) is 0 Å². The molecule has 0 unspecified atom stereocenters. The Morgan fingerprint density at radius 1 is 1.25 bits per heavy atom. The summed E-state index contributed by atoms with van der Waals surface area (Å²) in [6, 6.07) is 11.5. The number of benzene rings is 1. The van der Waals surface area contributed by atoms with Crippen molar-refractivity contribution in [1.82, 2.24) is 5.43 Å². The fourth-order valence-electron chi connectivity index (χ4n) is 2.26. The van der Waals surface area contributed by atoms with Crippen molar-refractivity contribution in [2.75, 3.05) is 36.5 Å². The molecule has 1 aromatic heterocycles. The summed E-state index contributed by atoms with van der Waals surface area (Å²) in [5.74, 6) is 1.43. The fraction of sp³-hybridized carbons (Fsp3) is 0.250. The van der Waals surface area contributed by atoms with Gasteiger partial charge in [-0.3, -0.25) is 5.43 Å². The lowest BCUT2D eigenvalue weighted by Gasteiger charge is -2.26. The molecule has 0 bridgehead atoms. The molecule has 0 radical (unpaired) electrons. The van der Waals surface area contributed by atoms with E-state index >= 15 is 0 Å². The minimum atomic E-state index is 0.413. The second-order valence-electron chi connectivity index (χ2n) is 5.09. The van der Waals surface area contributed by atoms with E-state index in [9.17, 15) is 0 Å². The number of hydrogen-bond acceptors (Lipinski definition) is 5. The van der Waals surface area contributed by atoms with Crippen molar-refractivity contribution in [2.45, 2.75) is 0 Å². The molecule has 2 aromatic rings. The zero-order valence-electron chi connectivity index (χ0n) is 12.9. The highest BCUT2D eigenvalue weighted by atomic mass is 79.9. The van der Waals surface area contributed by atoms with Crippen molar-refractivity contribution in [3.8, 4) is 0 Å². The molecule has 0 atom stereocenters. The molecule has 3 rings (SSSR count). The summed E-state index contributed by atoms with van der Waals surface area (Å²) in [6.45, 7) is 3.03. The maximum atomic E-state index is 5.82. The topological polar surface area (TPSA) is 62.0 Å². The third kappa shape index (κ3) is 4.56. The van der Waals surface area contributed by atoms with E-state index in [0.717, 1.165) is 29.1 Å². The standard InChI is InChI=1S/C16H17BrN4O2S/c17-14-10-13(23-15(14)21-6-8-22-9-7-21)11-18-20-16(24)19-12-4-2-1-3-5-12/h1-5,10-11H,6-9H2,(H2,19,20,24)/b18-11+. The number of para-hydroxylation sites is 1. The van der Waals surface area contributed by atoms with E-state index in [2.05, 4.69) is 36.7 Å². The second-order valence-corrected chi connectivity index (χ2v) is 6.35. The SMILES string of the molecule is S=C(N/N=C/c1cc(Br)c(N2CCOCC2)o1)Nc1ccccc1. The van der Waals surface area contributed by atoms with Gasteiger partial charge in [-0.2, -0.15) is 5.10 Å². The number of halogens is 1. The molecule has 6 nitrogen and oxygen atoms in total. The van der Waals surface area contributed by atoms with Gasteiger partial charge in [0.1, 0.15) is 0 Å². The van der Waals surface area contributed by atoms with Gasteiger partial charge in [-0.15, -0.1) is 0 Å². The maximum absolute atomic E-state index is 5.82. The van der Waals surface area contributed by atoms with E-state index in [1.807, 2.05) is 36.4 Å². The highest BCUT2D eigenvalue weighted by Gasteiger charge is 2.18. The number of anilines is 2. The van der Waals surface area contributed by atoms with Crippen LogP contribution in [-0.2, 0) is 4.74 Å². The van der Waals surface area contributed by atoms with Gasteiger partial charge < -0.3 is 19.4 Å². The predicted octanol–water partition coefficient (Wildman–Crippen LogP) is 3.20. The van der Waals surface area contributed by atoms with E-state index in [0.29, 0.717) is 24.1 Å². The van der Waals surface area contributed by atoms with Crippen molar-refractivity contribution in [3.63, 3.8) is 0 Å². The van der Waals surface area contributed by atoms with Crippen LogP contribution in [0.4, 0.5) is 11.6 Å². The van der Waals surface area contributed by atoms with Crippen LogP contribution >= 0.6 is 28.1 Å². The Morgan fingerprint density at radius 2 is 2.00 bits per heavy atom. The highest BCUT2D eigenvalue weighted by Crippen LogP contribution is 2.30. The summed E-state index contributed by atoms with van der Waals surface area (Å²) in [7, 11) is 0. The van der Waals surface area contributed by atoms with Gasteiger partial charge >= 0.3 is 0 Å². The van der Waals surface area contributed by atoms with E-state index in [1.54, 1.807) is 6.21 Å². The molecule has 1 aromatic carbocycles. The normalized spacial score (nSPS) is 14.8. The summed E-state index contributed by atoms with van der Waals surface area (Å²) >= 11 is 8.71. The van der Waals surface area contributed by atoms with Gasteiger partial charge in [0.25, 0.3) is 0 Å². The Kier molecular flexibility index (Phi) is 5.84. The third-order valence-corrected chi connectivity index (χ3v) is 4.14. The van der Waals surface area contributed by atoms with Gasteiger partial charge in [0.05, 0.1) is 23.9 Å². The average molecular weight is 409 g/mol. The molecule has 1 saturated heterocycles. The Balaban J connectivity index is 1.55. The predicted molar refractivity (Wildman–Crippen MR) is 103 cm³/mol. The van der Waals surface area contributed by atoms with Crippen molar-refractivity contribution >= 4 is 51.0 Å². The van der Waals surface area contributed by atoms with Gasteiger partial charge in [0.15, 0.2) is 10.9 Å². The van der Waals surface area contributed by atoms with Crippen LogP contribution in [0.15, 0.2) is 50.4 Å². The zero-order chi connectivity index (χ0) is 16.8. The first-order chi connectivity index (χ1) is 11.7. The zero-order valence-corrected chi connectivity index (χ0v) is 15.3. The molecule has 1 aliphatic heterocycles. The number of furan rings is 1. The Labute approximate surface area is 154 Å². The first-order valence-electron chi connectivity index (χ1n) is 7.49. The van der Waals surface area contributed by atoms with Gasteiger partial charge in [-0.25, -0.2) is 0 Å². The lowest BCUT2D eigenvalue weighted by molar-refractivity contribution is 0.120. The van der Waals surface area contributed by atoms with Crippen LogP contribution in [0.25, 0.3) is 0 Å². The van der Waals surface area contributed by atoms with E-state index in [4.69, 9.17) is 21.4 Å². The monoisotopic (exact) mass is 408 g/mol. The Bertz CT molecular complexity index is 714. The molecule has 2 heterocycles. The molecule has 1 aliphatic rings. The largest absolute Gasteiger partial charge is 0.438 e. The van der Waals surface area contributed by atoms with Crippen LogP contribution in [-0.4, -0.2) is 37.6 Å². The molecular formula is C16H17BrN4O2S. The molecule has 2 N–H and O–H groups in total. The van der Waals surface area contributed by atoms with Gasteiger partial charge in [-0.1, -0.05) is 18.2 Å². The number of thiocarbonyl (C=S) groups is 1. The smallest absolute Gasteiger partial charge is 0.210 e. The van der Waals surface area contributed by atoms with Gasteiger partial charge in [-0.05, 0) is 40.3 Å². The van der Waals surface area contributed by atoms with Crippen LogP contribution in [0.1, 0.15) is 5.76 Å². The number of hydrogen-bond donors (Lipinski definition) is 2. The maximum Gasteiger partial charge on any atom is 0.210 e. The minimum absolute atomic E-state index is 0.413. The average Bonchev–Trinajstić information content (AvgIpc) is 2.97. The first kappa shape index (κ1) is 16.9. The molecule has 0 aliphatic carbocycles. The quantitative estimate of drug-likeness (QED) is 0.460. The second kappa shape index (κ2) is 8.27. The van der Waals surface area contributed by atoms with Crippen LogP contribution in [0.3, 0.4) is 0 Å². The van der Waals surface area contributed by atoms with Crippen LogP contribution < -0.4 is 15.6 Å². The summed E-state index contributed by atoms with van der Waals surface area (Å²) in [5, 5.41) is 7.56. The van der Waals surface area contributed by atoms with Crippen molar-refractivity contribution in [1.29, 1.82) is 0 Å². The summed E-state index contributed by atoms with van der Waals surface area (Å²) < 4.78 is 12.1. The molecule has 1 fully saturated rings. The number of nitrogens with zero attached hydrogens (tertiary/aromatic N) is 2. The minimum Gasteiger partial charge on any atom is -0.438 e. The van der Waals surface area contributed by atoms with E-state index < -0.39 is 0 Å². The molecule has 0 amide bonds. The molecule has 0 spiro atoms. The Hall–Kier alpha value is -1.90. The van der Waals surface area contributed by atoms with Crippen molar-refractivity contribution in [2.24, 2.45) is 5.10 Å². The lowest BCUT2D eigenvalue weighted by atomic mass is 10.3. The number of morpholine rings is 1. The first-order valence-corrected chi connectivity index (χ1v) is 8.69. The number of hydrazone groups is 1. The summed E-state index contributed by atoms with van der Waals surface area (Å²) in [6.07, 6.45) is 1.59. The van der Waals surface area contributed by atoms with Crippen LogP contribution in [0, 0.1) is 0 Å². The number of ether oxygens (including phenoxy) is 1. The molecule has 24 heavy (non-hydrogen) atoms. The highest BCUT2D eigenvalue weighted by molar-refractivity contribution is 9.10. The molecule has 0 saturated carbocycles. The van der Waals surface area contributed by atoms with Crippen LogP contribution in [0.2, 0.25) is 0 Å². The van der Waals surface area contributed by atoms with Crippen molar-refractivity contribution < 1.29 is 9.15 Å². The summed E-state index contributed by atoms with van der Waals surface area (Å²) in [4.78, 5) is 2.14. The van der Waals surface area contributed by atoms with Gasteiger partial charge in [0, 0.05) is 24.8 Å². The molecular weight excluding hydrogens is 392 g/mol. The van der Waals surface area contributed by atoms with E-state index in [-0.39, 0.29) is 0 Å². The van der Waals surface area contributed by atoms with E-state index in [1.165, 1.54) is 0 Å². The number of rotatable bonds is 4.